The van der Waals surface area contributed by atoms with Crippen LogP contribution in [0.2, 0.25) is 0 Å². The van der Waals surface area contributed by atoms with Gasteiger partial charge in [0.05, 0.1) is 16.8 Å². The topological polar surface area (TPSA) is 74.3 Å². The number of nitrogens with one attached hydrogen (secondary N) is 2. The fraction of sp³-hybridized carbons (Fsp3) is 0.179. The Balaban J connectivity index is 1.48. The Labute approximate surface area is 199 Å². The van der Waals surface area contributed by atoms with Gasteiger partial charge in [0.2, 0.25) is 5.91 Å². The zero-order chi connectivity index (χ0) is 23.9. The minimum atomic E-state index is -0.120. The van der Waals surface area contributed by atoms with E-state index in [1.54, 1.807) is 0 Å². The van der Waals surface area contributed by atoms with E-state index in [9.17, 15) is 9.59 Å². The Hall–Kier alpha value is -4.19. The molecule has 0 bridgehead atoms. The van der Waals surface area contributed by atoms with Crippen molar-refractivity contribution in [2.75, 3.05) is 30.4 Å². The van der Waals surface area contributed by atoms with Gasteiger partial charge < -0.3 is 15.5 Å². The Morgan fingerprint density at radius 3 is 2.35 bits per heavy atom. The van der Waals surface area contributed by atoms with Crippen LogP contribution in [-0.2, 0) is 4.79 Å². The maximum absolute atomic E-state index is 13.1. The van der Waals surface area contributed by atoms with E-state index >= 15 is 0 Å². The van der Waals surface area contributed by atoms with E-state index in [0.717, 1.165) is 40.8 Å². The van der Waals surface area contributed by atoms with Gasteiger partial charge in [-0.1, -0.05) is 48.5 Å². The molecule has 0 saturated heterocycles. The van der Waals surface area contributed by atoms with E-state index < -0.39 is 0 Å². The lowest BCUT2D eigenvalue weighted by Crippen LogP contribution is -2.28. The van der Waals surface area contributed by atoms with Crippen molar-refractivity contribution < 1.29 is 9.59 Å². The lowest BCUT2D eigenvalue weighted by Gasteiger charge is -2.19. The number of para-hydroxylation sites is 2. The second-order valence-corrected chi connectivity index (χ2v) is 8.20. The summed E-state index contributed by atoms with van der Waals surface area (Å²) in [6.45, 7) is 2.89. The van der Waals surface area contributed by atoms with Gasteiger partial charge in [-0.2, -0.15) is 0 Å². The van der Waals surface area contributed by atoms with E-state index in [0.29, 0.717) is 17.8 Å². The number of anilines is 2. The molecule has 1 aromatic heterocycles. The summed E-state index contributed by atoms with van der Waals surface area (Å²) in [6.07, 6.45) is 0.831. The first-order valence-electron chi connectivity index (χ1n) is 11.3. The van der Waals surface area contributed by atoms with Crippen molar-refractivity contribution in [3.05, 3.63) is 90.5 Å². The highest BCUT2D eigenvalue weighted by Gasteiger charge is 2.14. The quantitative estimate of drug-likeness (QED) is 0.364. The maximum Gasteiger partial charge on any atom is 0.252 e. The molecule has 0 aliphatic carbocycles. The van der Waals surface area contributed by atoms with Crippen LogP contribution in [0.25, 0.3) is 22.2 Å². The first-order chi connectivity index (χ1) is 16.5. The number of pyridine rings is 1. The first-order valence-corrected chi connectivity index (χ1v) is 11.3. The van der Waals surface area contributed by atoms with Crippen molar-refractivity contribution in [2.24, 2.45) is 0 Å². The van der Waals surface area contributed by atoms with Crippen LogP contribution in [0.15, 0.2) is 84.9 Å². The van der Waals surface area contributed by atoms with Crippen LogP contribution in [0.3, 0.4) is 0 Å². The van der Waals surface area contributed by atoms with Gasteiger partial charge >= 0.3 is 0 Å². The normalized spacial score (nSPS) is 10.6. The summed E-state index contributed by atoms with van der Waals surface area (Å²) in [5.74, 6) is -0.234. The highest BCUT2D eigenvalue weighted by molar-refractivity contribution is 6.07. The van der Waals surface area contributed by atoms with Crippen LogP contribution < -0.4 is 15.5 Å². The molecule has 4 aromatic rings. The van der Waals surface area contributed by atoms with Gasteiger partial charge in [-0.05, 0) is 42.8 Å². The molecule has 0 saturated carbocycles. The second-order valence-electron chi connectivity index (χ2n) is 8.20. The molecule has 172 valence electrons. The molecule has 0 unspecified atom stereocenters. The number of hydrogen-bond acceptors (Lipinski definition) is 4. The molecule has 34 heavy (non-hydrogen) atoms. The first kappa shape index (κ1) is 23.0. The lowest BCUT2D eigenvalue weighted by atomic mass is 10.0. The van der Waals surface area contributed by atoms with E-state index in [2.05, 4.69) is 34.7 Å². The summed E-state index contributed by atoms with van der Waals surface area (Å²) in [6, 6.07) is 27.1. The van der Waals surface area contributed by atoms with Gasteiger partial charge in [-0.15, -0.1) is 0 Å². The number of nitrogens with zero attached hydrogens (tertiary/aromatic N) is 2. The highest BCUT2D eigenvalue weighted by Crippen LogP contribution is 2.26. The predicted octanol–water partition coefficient (Wildman–Crippen LogP) is 5.12. The number of rotatable bonds is 8. The van der Waals surface area contributed by atoms with E-state index in [-0.39, 0.29) is 11.8 Å². The molecule has 0 aliphatic rings. The number of fused-ring (bicyclic) bond motifs is 1. The molecule has 1 heterocycles. The molecule has 0 atom stereocenters. The zero-order valence-corrected chi connectivity index (χ0v) is 19.4. The van der Waals surface area contributed by atoms with Crippen LogP contribution in [0, 0.1) is 0 Å². The Morgan fingerprint density at radius 2 is 1.62 bits per heavy atom. The number of aromatic nitrogens is 1. The fourth-order valence-corrected chi connectivity index (χ4v) is 3.86. The number of benzene rings is 3. The van der Waals surface area contributed by atoms with Crippen molar-refractivity contribution in [3.63, 3.8) is 0 Å². The van der Waals surface area contributed by atoms with E-state index in [1.807, 2.05) is 72.8 Å². The molecule has 6 nitrogen and oxygen atoms in total. The fourth-order valence-electron chi connectivity index (χ4n) is 3.86. The number of hydrogen-bond donors (Lipinski definition) is 2. The molecule has 0 spiro atoms. The van der Waals surface area contributed by atoms with E-state index in [1.165, 1.54) is 6.92 Å². The van der Waals surface area contributed by atoms with Crippen molar-refractivity contribution >= 4 is 34.1 Å². The number of carbonyl (C=O) groups excluding carboxylic acids is 2. The molecule has 2 amide bonds. The average molecular weight is 453 g/mol. The standard InChI is InChI=1S/C28H28N4O2/c1-20(33)30-22-15-13-21(14-16-22)27-19-25(24-11-6-7-12-26(24)31-27)28(34)29-17-8-18-32(2)23-9-4-3-5-10-23/h3-7,9-16,19H,8,17-18H2,1-2H3,(H,29,34)(H,30,33). The number of amides is 2. The zero-order valence-electron chi connectivity index (χ0n) is 19.4. The van der Waals surface area contributed by atoms with Gasteiger partial charge in [0.15, 0.2) is 0 Å². The lowest BCUT2D eigenvalue weighted by molar-refractivity contribution is -0.114. The Bertz CT molecular complexity index is 1290. The van der Waals surface area contributed by atoms with Crippen LogP contribution in [0.4, 0.5) is 11.4 Å². The van der Waals surface area contributed by atoms with Crippen LogP contribution >= 0.6 is 0 Å². The summed E-state index contributed by atoms with van der Waals surface area (Å²) >= 11 is 0. The smallest absolute Gasteiger partial charge is 0.252 e. The Kier molecular flexibility index (Phi) is 7.18. The second kappa shape index (κ2) is 10.6. The molecule has 4 rings (SSSR count). The monoisotopic (exact) mass is 452 g/mol. The van der Waals surface area contributed by atoms with Gasteiger partial charge in [-0.25, -0.2) is 4.98 Å². The van der Waals surface area contributed by atoms with Gasteiger partial charge in [0.1, 0.15) is 0 Å². The third kappa shape index (κ3) is 5.59. The molecule has 0 aliphatic heterocycles. The molecule has 3 aromatic carbocycles. The maximum atomic E-state index is 13.1. The summed E-state index contributed by atoms with van der Waals surface area (Å²) in [5, 5.41) is 6.65. The van der Waals surface area contributed by atoms with Gasteiger partial charge in [0.25, 0.3) is 5.91 Å². The van der Waals surface area contributed by atoms with Crippen molar-refractivity contribution in [3.8, 4) is 11.3 Å². The molecular formula is C28H28N4O2. The summed E-state index contributed by atoms with van der Waals surface area (Å²) < 4.78 is 0. The van der Waals surface area contributed by atoms with Crippen LogP contribution in [-0.4, -0.2) is 36.9 Å². The predicted molar refractivity (Wildman–Crippen MR) is 138 cm³/mol. The number of carbonyl (C=O) groups is 2. The molecule has 6 heteroatoms. The van der Waals surface area contributed by atoms with Gasteiger partial charge in [-0.3, -0.25) is 9.59 Å². The van der Waals surface area contributed by atoms with Crippen molar-refractivity contribution in [2.45, 2.75) is 13.3 Å². The molecule has 0 radical (unpaired) electrons. The van der Waals surface area contributed by atoms with Gasteiger partial charge in [0, 0.05) is 49.4 Å². The summed E-state index contributed by atoms with van der Waals surface area (Å²) in [5.41, 5.74) is 4.82. The van der Waals surface area contributed by atoms with Crippen LogP contribution in [0.1, 0.15) is 23.7 Å². The molecule has 0 fully saturated rings. The third-order valence-corrected chi connectivity index (χ3v) is 5.61. The third-order valence-electron chi connectivity index (χ3n) is 5.61. The summed E-state index contributed by atoms with van der Waals surface area (Å²) in [7, 11) is 2.05. The van der Waals surface area contributed by atoms with Crippen molar-refractivity contribution in [1.82, 2.24) is 10.3 Å². The SMILES string of the molecule is CC(=O)Nc1ccc(-c2cc(C(=O)NCCCN(C)c3ccccc3)c3ccccc3n2)cc1. The van der Waals surface area contributed by atoms with E-state index in [4.69, 9.17) is 4.98 Å². The minimum absolute atomic E-state index is 0.114. The average Bonchev–Trinajstić information content (AvgIpc) is 2.86. The minimum Gasteiger partial charge on any atom is -0.375 e. The van der Waals surface area contributed by atoms with Crippen molar-refractivity contribution in [1.29, 1.82) is 0 Å². The molecule has 2 N–H and O–H groups in total. The molecular weight excluding hydrogens is 424 g/mol. The summed E-state index contributed by atoms with van der Waals surface area (Å²) in [4.78, 5) is 31.3. The van der Waals surface area contributed by atoms with Crippen LogP contribution in [0.5, 0.6) is 0 Å². The largest absolute Gasteiger partial charge is 0.375 e. The Morgan fingerprint density at radius 1 is 0.912 bits per heavy atom. The highest BCUT2D eigenvalue weighted by atomic mass is 16.2.